The van der Waals surface area contributed by atoms with Gasteiger partial charge in [0, 0.05) is 10.9 Å². The monoisotopic (exact) mass is 304 g/mol. The van der Waals surface area contributed by atoms with E-state index in [-0.39, 0.29) is 30.0 Å². The fraction of sp³-hybridized carbons (Fsp3) is 0.400. The van der Waals surface area contributed by atoms with Gasteiger partial charge >= 0.3 is 5.97 Å². The molecule has 1 aliphatic rings. The third-order valence-electron chi connectivity index (χ3n) is 3.33. The van der Waals surface area contributed by atoms with Crippen LogP contribution in [0.1, 0.15) is 29.6 Å². The van der Waals surface area contributed by atoms with E-state index in [1.807, 2.05) is 12.1 Å². The maximum atomic E-state index is 12.4. The molecule has 1 aromatic carbocycles. The minimum Gasteiger partial charge on any atom is -0.481 e. The van der Waals surface area contributed by atoms with Crippen LogP contribution in [-0.2, 0) is 4.79 Å². The van der Waals surface area contributed by atoms with E-state index in [9.17, 15) is 9.59 Å². The second-order valence-electron chi connectivity index (χ2n) is 4.96. The molecule has 0 spiro atoms. The molecule has 1 atom stereocenters. The van der Waals surface area contributed by atoms with Crippen LogP contribution in [0.5, 0.6) is 0 Å². The first-order chi connectivity index (χ1) is 10.1. The highest BCUT2D eigenvalue weighted by Crippen LogP contribution is 2.34. The predicted molar refractivity (Wildman–Crippen MR) is 79.0 cm³/mol. The van der Waals surface area contributed by atoms with Crippen molar-refractivity contribution in [3.05, 3.63) is 29.8 Å². The molecule has 21 heavy (non-hydrogen) atoms. The van der Waals surface area contributed by atoms with Gasteiger partial charge in [-0.25, -0.2) is 0 Å². The summed E-state index contributed by atoms with van der Waals surface area (Å²) in [5.74, 6) is -0.636. The SMILES string of the molecule is N#CCSc1ccccc1C(=O)NC(CC(=O)O)C1CC1. The highest BCUT2D eigenvalue weighted by Gasteiger charge is 2.34. The van der Waals surface area contributed by atoms with Gasteiger partial charge in [0.2, 0.25) is 0 Å². The summed E-state index contributed by atoms with van der Waals surface area (Å²) in [7, 11) is 0. The quantitative estimate of drug-likeness (QED) is 0.754. The van der Waals surface area contributed by atoms with Gasteiger partial charge in [0.15, 0.2) is 0 Å². The molecule has 1 amide bonds. The summed E-state index contributed by atoms with van der Waals surface area (Å²) in [5.41, 5.74) is 0.494. The zero-order valence-electron chi connectivity index (χ0n) is 11.4. The topological polar surface area (TPSA) is 90.2 Å². The number of nitrogens with one attached hydrogen (secondary N) is 1. The van der Waals surface area contributed by atoms with E-state index in [4.69, 9.17) is 10.4 Å². The zero-order chi connectivity index (χ0) is 15.2. The summed E-state index contributed by atoms with van der Waals surface area (Å²) in [6.45, 7) is 0. The van der Waals surface area contributed by atoms with Gasteiger partial charge in [-0.2, -0.15) is 5.26 Å². The number of hydrogen-bond donors (Lipinski definition) is 2. The van der Waals surface area contributed by atoms with Crippen LogP contribution in [-0.4, -0.2) is 28.8 Å². The van der Waals surface area contributed by atoms with E-state index in [0.717, 1.165) is 17.7 Å². The zero-order valence-corrected chi connectivity index (χ0v) is 12.2. The molecule has 1 aromatic rings. The second kappa shape index (κ2) is 7.14. The van der Waals surface area contributed by atoms with Crippen LogP contribution in [0, 0.1) is 17.2 Å². The van der Waals surface area contributed by atoms with Crippen LogP contribution in [0.15, 0.2) is 29.2 Å². The maximum Gasteiger partial charge on any atom is 0.305 e. The highest BCUT2D eigenvalue weighted by atomic mass is 32.2. The first kappa shape index (κ1) is 15.4. The lowest BCUT2D eigenvalue weighted by molar-refractivity contribution is -0.137. The van der Waals surface area contributed by atoms with Gasteiger partial charge in [-0.3, -0.25) is 9.59 Å². The molecule has 5 nitrogen and oxygen atoms in total. The lowest BCUT2D eigenvalue weighted by Gasteiger charge is -2.17. The molecular formula is C15H16N2O3S. The van der Waals surface area contributed by atoms with Gasteiger partial charge in [-0.1, -0.05) is 12.1 Å². The van der Waals surface area contributed by atoms with E-state index >= 15 is 0 Å². The summed E-state index contributed by atoms with van der Waals surface area (Å²) in [6.07, 6.45) is 1.87. The standard InChI is InChI=1S/C15H16N2O3S/c16-7-8-21-13-4-2-1-3-11(13)15(20)17-12(9-14(18)19)10-5-6-10/h1-4,10,12H,5-6,8-9H2,(H,17,20)(H,18,19). The van der Waals surface area contributed by atoms with Gasteiger partial charge in [0.1, 0.15) is 0 Å². The van der Waals surface area contributed by atoms with Crippen molar-refractivity contribution < 1.29 is 14.7 Å². The molecule has 1 fully saturated rings. The van der Waals surface area contributed by atoms with Crippen molar-refractivity contribution in [2.24, 2.45) is 5.92 Å². The Morgan fingerprint density at radius 2 is 2.14 bits per heavy atom. The number of hydrogen-bond acceptors (Lipinski definition) is 4. The summed E-state index contributed by atoms with van der Waals surface area (Å²) < 4.78 is 0. The van der Waals surface area contributed by atoms with E-state index in [1.54, 1.807) is 18.2 Å². The van der Waals surface area contributed by atoms with Crippen molar-refractivity contribution in [1.29, 1.82) is 5.26 Å². The van der Waals surface area contributed by atoms with E-state index in [0.29, 0.717) is 5.56 Å². The Bertz CT molecular complexity index is 579. The molecule has 1 saturated carbocycles. The summed E-state index contributed by atoms with van der Waals surface area (Å²) in [6, 6.07) is 8.77. The average molecular weight is 304 g/mol. The van der Waals surface area contributed by atoms with Crippen LogP contribution in [0.4, 0.5) is 0 Å². The number of benzene rings is 1. The van der Waals surface area contributed by atoms with Gasteiger partial charge in [0.05, 0.1) is 23.8 Å². The number of carboxylic acids is 1. The van der Waals surface area contributed by atoms with Crippen molar-refractivity contribution in [3.8, 4) is 6.07 Å². The smallest absolute Gasteiger partial charge is 0.305 e. The Morgan fingerprint density at radius 1 is 1.43 bits per heavy atom. The van der Waals surface area contributed by atoms with Crippen molar-refractivity contribution in [2.75, 3.05) is 5.75 Å². The summed E-state index contributed by atoms with van der Waals surface area (Å²) in [4.78, 5) is 24.0. The van der Waals surface area contributed by atoms with E-state index in [2.05, 4.69) is 5.32 Å². The van der Waals surface area contributed by atoms with Crippen molar-refractivity contribution >= 4 is 23.6 Å². The molecule has 2 rings (SSSR count). The minimum atomic E-state index is -0.903. The Balaban J connectivity index is 2.08. The molecular weight excluding hydrogens is 288 g/mol. The van der Waals surface area contributed by atoms with Gasteiger partial charge in [-0.05, 0) is 30.9 Å². The number of aliphatic carboxylic acids is 1. The summed E-state index contributed by atoms with van der Waals surface area (Å²) >= 11 is 1.30. The van der Waals surface area contributed by atoms with Crippen molar-refractivity contribution in [2.45, 2.75) is 30.2 Å². The number of carboxylic acid groups (broad SMARTS) is 1. The predicted octanol–water partition coefficient (Wildman–Crippen LogP) is 2.29. The van der Waals surface area contributed by atoms with E-state index < -0.39 is 5.97 Å². The number of thioether (sulfide) groups is 1. The molecule has 0 bridgehead atoms. The molecule has 1 aliphatic carbocycles. The number of nitrogens with zero attached hydrogens (tertiary/aromatic N) is 1. The van der Waals surface area contributed by atoms with Crippen molar-refractivity contribution in [3.63, 3.8) is 0 Å². The number of rotatable bonds is 7. The Labute approximate surface area is 127 Å². The molecule has 0 aliphatic heterocycles. The highest BCUT2D eigenvalue weighted by molar-refractivity contribution is 7.99. The van der Waals surface area contributed by atoms with Crippen LogP contribution in [0.2, 0.25) is 0 Å². The molecule has 2 N–H and O–H groups in total. The van der Waals surface area contributed by atoms with Gasteiger partial charge in [0.25, 0.3) is 5.91 Å². The summed E-state index contributed by atoms with van der Waals surface area (Å²) in [5, 5.41) is 20.4. The largest absolute Gasteiger partial charge is 0.481 e. The molecule has 0 saturated heterocycles. The van der Waals surface area contributed by atoms with E-state index in [1.165, 1.54) is 11.8 Å². The fourth-order valence-electron chi connectivity index (χ4n) is 2.16. The normalized spacial score (nSPS) is 15.0. The Morgan fingerprint density at radius 3 is 2.76 bits per heavy atom. The molecule has 1 unspecified atom stereocenters. The fourth-order valence-corrected chi connectivity index (χ4v) is 2.87. The molecule has 0 heterocycles. The molecule has 110 valence electrons. The minimum absolute atomic E-state index is 0.0517. The molecule has 0 radical (unpaired) electrons. The Kier molecular flexibility index (Phi) is 5.23. The third kappa shape index (κ3) is 4.50. The number of carbonyl (C=O) groups excluding carboxylic acids is 1. The van der Waals surface area contributed by atoms with Gasteiger partial charge in [-0.15, -0.1) is 11.8 Å². The van der Waals surface area contributed by atoms with Crippen molar-refractivity contribution in [1.82, 2.24) is 5.32 Å². The number of amides is 1. The first-order valence-electron chi connectivity index (χ1n) is 6.73. The number of carbonyl (C=O) groups is 2. The molecule has 6 heteroatoms. The lowest BCUT2D eigenvalue weighted by Crippen LogP contribution is -2.38. The van der Waals surface area contributed by atoms with Crippen LogP contribution >= 0.6 is 11.8 Å². The van der Waals surface area contributed by atoms with Crippen LogP contribution in [0.25, 0.3) is 0 Å². The lowest BCUT2D eigenvalue weighted by atomic mass is 10.1. The van der Waals surface area contributed by atoms with Gasteiger partial charge < -0.3 is 10.4 Å². The molecule has 0 aromatic heterocycles. The third-order valence-corrected chi connectivity index (χ3v) is 4.27. The average Bonchev–Trinajstić information content (AvgIpc) is 3.28. The number of nitriles is 1. The second-order valence-corrected chi connectivity index (χ2v) is 5.98. The Hall–Kier alpha value is -2.00. The first-order valence-corrected chi connectivity index (χ1v) is 7.72. The van der Waals surface area contributed by atoms with Crippen LogP contribution < -0.4 is 5.32 Å². The maximum absolute atomic E-state index is 12.4. The van der Waals surface area contributed by atoms with Crippen LogP contribution in [0.3, 0.4) is 0 Å².